The summed E-state index contributed by atoms with van der Waals surface area (Å²) in [5.74, 6) is -0.682. The molecule has 1 aliphatic carbocycles. The van der Waals surface area contributed by atoms with Gasteiger partial charge in [-0.3, -0.25) is 0 Å². The predicted molar refractivity (Wildman–Crippen MR) is 87.7 cm³/mol. The average Bonchev–Trinajstić information content (AvgIpc) is 2.55. The molecule has 1 atom stereocenters. The highest BCUT2D eigenvalue weighted by Gasteiger charge is 2.42. The van der Waals surface area contributed by atoms with Gasteiger partial charge >= 0.3 is 6.18 Å². The van der Waals surface area contributed by atoms with Gasteiger partial charge in [-0.05, 0) is 49.3 Å². The molecule has 1 saturated heterocycles. The molecule has 1 aliphatic heterocycles. The summed E-state index contributed by atoms with van der Waals surface area (Å²) in [4.78, 5) is 1.81. The van der Waals surface area contributed by atoms with Gasteiger partial charge in [-0.1, -0.05) is 25.3 Å². The van der Waals surface area contributed by atoms with Gasteiger partial charge in [0.2, 0.25) is 0 Å². The molecule has 1 saturated carbocycles. The van der Waals surface area contributed by atoms with Crippen molar-refractivity contribution in [3.8, 4) is 0 Å². The van der Waals surface area contributed by atoms with Crippen LogP contribution in [-0.2, 0) is 0 Å². The number of anilines is 2. The van der Waals surface area contributed by atoms with E-state index in [0.29, 0.717) is 24.6 Å². The zero-order valence-corrected chi connectivity index (χ0v) is 13.4. The van der Waals surface area contributed by atoms with Crippen LogP contribution in [0.2, 0.25) is 0 Å². The molecule has 3 rings (SSSR count). The maximum absolute atomic E-state index is 13.0. The number of nitrogens with zero attached hydrogens (tertiary/aromatic N) is 1. The molecule has 2 fully saturated rings. The van der Waals surface area contributed by atoms with Gasteiger partial charge in [0, 0.05) is 13.1 Å². The average molecular weight is 326 g/mol. The van der Waals surface area contributed by atoms with Crippen LogP contribution >= 0.6 is 0 Å². The summed E-state index contributed by atoms with van der Waals surface area (Å²) in [7, 11) is 0. The van der Waals surface area contributed by atoms with E-state index in [1.807, 2.05) is 17.0 Å². The second kappa shape index (κ2) is 6.62. The van der Waals surface area contributed by atoms with Crippen LogP contribution in [0.3, 0.4) is 0 Å². The molecule has 0 radical (unpaired) electrons. The molecule has 2 nitrogen and oxygen atoms in total. The second-order valence-electron chi connectivity index (χ2n) is 6.98. The number of nitrogens with two attached hydrogens (primary N) is 1. The first-order valence-electron chi connectivity index (χ1n) is 8.66. The Balaban J connectivity index is 1.75. The minimum absolute atomic E-state index is 0.0243. The normalized spacial score (nSPS) is 24.0. The van der Waals surface area contributed by atoms with Crippen LogP contribution in [0.5, 0.6) is 0 Å². The third-order valence-corrected chi connectivity index (χ3v) is 5.35. The zero-order chi connectivity index (χ0) is 16.4. The Kier molecular flexibility index (Phi) is 4.74. The molecule has 0 aromatic heterocycles. The van der Waals surface area contributed by atoms with Crippen molar-refractivity contribution >= 4 is 11.4 Å². The monoisotopic (exact) mass is 326 g/mol. The van der Waals surface area contributed by atoms with Crippen molar-refractivity contribution in [3.05, 3.63) is 23.8 Å². The lowest BCUT2D eigenvalue weighted by Gasteiger charge is -2.36. The quantitative estimate of drug-likeness (QED) is 0.767. The Morgan fingerprint density at radius 2 is 1.74 bits per heavy atom. The van der Waals surface area contributed by atoms with Crippen LogP contribution in [0.25, 0.3) is 0 Å². The van der Waals surface area contributed by atoms with E-state index in [0.717, 1.165) is 5.69 Å². The molecule has 0 spiro atoms. The summed E-state index contributed by atoms with van der Waals surface area (Å²) in [6, 6.07) is 5.99. The van der Waals surface area contributed by atoms with Crippen molar-refractivity contribution in [3.63, 3.8) is 0 Å². The smallest absolute Gasteiger partial charge is 0.393 e. The number of hydrogen-bond acceptors (Lipinski definition) is 2. The summed E-state index contributed by atoms with van der Waals surface area (Å²) in [6.45, 7) is 0.677. The Morgan fingerprint density at radius 1 is 1.00 bits per heavy atom. The van der Waals surface area contributed by atoms with Gasteiger partial charge in [-0.25, -0.2) is 0 Å². The molecular formula is C18H25F3N2. The third kappa shape index (κ3) is 3.75. The molecule has 2 aliphatic rings. The lowest BCUT2D eigenvalue weighted by atomic mass is 9.84. The molecule has 1 unspecified atom stereocenters. The maximum atomic E-state index is 13.0. The van der Waals surface area contributed by atoms with Crippen molar-refractivity contribution in [2.45, 2.75) is 57.0 Å². The van der Waals surface area contributed by atoms with E-state index in [4.69, 9.17) is 5.73 Å². The van der Waals surface area contributed by atoms with Crippen LogP contribution in [-0.4, -0.2) is 19.3 Å². The van der Waals surface area contributed by atoms with Gasteiger partial charge in [0.05, 0.1) is 17.3 Å². The topological polar surface area (TPSA) is 29.3 Å². The number of benzene rings is 1. The van der Waals surface area contributed by atoms with Crippen LogP contribution in [0.15, 0.2) is 18.2 Å². The van der Waals surface area contributed by atoms with Crippen LogP contribution in [0.1, 0.15) is 56.4 Å². The summed E-state index contributed by atoms with van der Waals surface area (Å²) in [5.41, 5.74) is 8.82. The van der Waals surface area contributed by atoms with E-state index in [9.17, 15) is 13.2 Å². The molecular weight excluding hydrogens is 301 g/mol. The lowest BCUT2D eigenvalue weighted by Crippen LogP contribution is -2.42. The summed E-state index contributed by atoms with van der Waals surface area (Å²) in [6.07, 6.45) is 2.87. The van der Waals surface area contributed by atoms with Gasteiger partial charge < -0.3 is 10.6 Å². The fraction of sp³-hybridized carbons (Fsp3) is 0.667. The molecule has 128 valence electrons. The SMILES string of the molecule is Nc1cc(C2CCCCC2)ccc1N1CCCC(C(F)(F)F)C1. The summed E-state index contributed by atoms with van der Waals surface area (Å²) >= 11 is 0. The highest BCUT2D eigenvalue weighted by atomic mass is 19.4. The van der Waals surface area contributed by atoms with Crippen molar-refractivity contribution in [2.24, 2.45) is 5.92 Å². The number of rotatable bonds is 2. The number of halogens is 3. The highest BCUT2D eigenvalue weighted by molar-refractivity contribution is 5.69. The van der Waals surface area contributed by atoms with Crippen LogP contribution < -0.4 is 10.6 Å². The fourth-order valence-corrected chi connectivity index (χ4v) is 4.01. The molecule has 1 heterocycles. The third-order valence-electron chi connectivity index (χ3n) is 5.35. The van der Waals surface area contributed by atoms with Gasteiger partial charge in [-0.2, -0.15) is 13.2 Å². The first-order chi connectivity index (χ1) is 10.9. The van der Waals surface area contributed by atoms with E-state index >= 15 is 0 Å². The van der Waals surface area contributed by atoms with Gasteiger partial charge in [0.25, 0.3) is 0 Å². The highest BCUT2D eigenvalue weighted by Crippen LogP contribution is 2.38. The molecule has 2 N–H and O–H groups in total. The van der Waals surface area contributed by atoms with Crippen molar-refractivity contribution < 1.29 is 13.2 Å². The van der Waals surface area contributed by atoms with Crippen molar-refractivity contribution in [1.82, 2.24) is 0 Å². The van der Waals surface area contributed by atoms with Gasteiger partial charge in [0.1, 0.15) is 0 Å². The Hall–Kier alpha value is -1.39. The van der Waals surface area contributed by atoms with Crippen molar-refractivity contribution in [2.75, 3.05) is 23.7 Å². The standard InChI is InChI=1S/C18H25F3N2/c19-18(20,21)15-7-4-10-23(12-15)17-9-8-14(11-16(17)22)13-5-2-1-3-6-13/h8-9,11,13,15H,1-7,10,12,22H2. The summed E-state index contributed by atoms with van der Waals surface area (Å²) < 4.78 is 38.9. The molecule has 5 heteroatoms. The largest absolute Gasteiger partial charge is 0.397 e. The number of nitrogen functional groups attached to an aromatic ring is 1. The number of hydrogen-bond donors (Lipinski definition) is 1. The van der Waals surface area contributed by atoms with E-state index in [1.165, 1.54) is 37.7 Å². The van der Waals surface area contributed by atoms with Crippen molar-refractivity contribution in [1.29, 1.82) is 0 Å². The van der Waals surface area contributed by atoms with E-state index in [2.05, 4.69) is 6.07 Å². The minimum Gasteiger partial charge on any atom is -0.397 e. The lowest BCUT2D eigenvalue weighted by molar-refractivity contribution is -0.175. The van der Waals surface area contributed by atoms with Gasteiger partial charge in [-0.15, -0.1) is 0 Å². The first kappa shape index (κ1) is 16.5. The van der Waals surface area contributed by atoms with E-state index in [1.54, 1.807) is 0 Å². The number of alkyl halides is 3. The molecule has 0 bridgehead atoms. The second-order valence-corrected chi connectivity index (χ2v) is 6.98. The van der Waals surface area contributed by atoms with E-state index < -0.39 is 12.1 Å². The van der Waals surface area contributed by atoms with E-state index in [-0.39, 0.29) is 13.0 Å². The Bertz CT molecular complexity index is 536. The fourth-order valence-electron chi connectivity index (χ4n) is 4.01. The first-order valence-corrected chi connectivity index (χ1v) is 8.66. The van der Waals surface area contributed by atoms with Crippen LogP contribution in [0.4, 0.5) is 24.5 Å². The molecule has 1 aromatic carbocycles. The Labute approximate surface area is 135 Å². The van der Waals surface area contributed by atoms with Crippen LogP contribution in [0, 0.1) is 5.92 Å². The predicted octanol–water partition coefficient (Wildman–Crippen LogP) is 5.10. The summed E-state index contributed by atoms with van der Waals surface area (Å²) in [5, 5.41) is 0. The number of piperidine rings is 1. The van der Waals surface area contributed by atoms with Gasteiger partial charge in [0.15, 0.2) is 0 Å². The molecule has 23 heavy (non-hydrogen) atoms. The zero-order valence-electron chi connectivity index (χ0n) is 13.4. The minimum atomic E-state index is -4.12. The molecule has 1 aromatic rings. The Morgan fingerprint density at radius 3 is 2.39 bits per heavy atom. The maximum Gasteiger partial charge on any atom is 0.393 e. The molecule has 0 amide bonds.